The molecule has 2 aromatic heterocycles. The van der Waals surface area contributed by atoms with Crippen molar-refractivity contribution in [3.8, 4) is 5.69 Å². The average molecular weight is 489 g/mol. The first kappa shape index (κ1) is 23.5. The van der Waals surface area contributed by atoms with E-state index in [1.54, 1.807) is 19.1 Å². The number of aryl methyl sites for hydroxylation is 3. The van der Waals surface area contributed by atoms with Crippen LogP contribution in [-0.2, 0) is 12.7 Å². The first-order valence-corrected chi connectivity index (χ1v) is 10.7. The minimum Gasteiger partial charge on any atom is -0.329 e. The van der Waals surface area contributed by atoms with Crippen molar-refractivity contribution >= 4 is 34.8 Å². The maximum absolute atomic E-state index is 13.0. The lowest BCUT2D eigenvalue weighted by molar-refractivity contribution is -0.137. The van der Waals surface area contributed by atoms with Crippen molar-refractivity contribution in [1.82, 2.24) is 24.8 Å². The number of carbonyl (C=O) groups excluding carboxylic acids is 1. The molecule has 11 heteroatoms. The molecule has 0 saturated carbocycles. The van der Waals surface area contributed by atoms with Crippen molar-refractivity contribution < 1.29 is 18.0 Å². The number of imidazole rings is 1. The van der Waals surface area contributed by atoms with Gasteiger partial charge in [0, 0.05) is 12.1 Å². The number of nitrogens with zero attached hydrogens (tertiary/aromatic N) is 5. The summed E-state index contributed by atoms with van der Waals surface area (Å²) in [6, 6.07) is 9.87. The monoisotopic (exact) mass is 488 g/mol. The number of hydrogen-bond donors (Lipinski definition) is 1. The van der Waals surface area contributed by atoms with Crippen LogP contribution in [0.15, 0.2) is 47.6 Å². The molecular formula is C23H20ClF3N6O. The molecule has 1 N–H and O–H groups in total. The van der Waals surface area contributed by atoms with Crippen LogP contribution < -0.4 is 5.43 Å². The van der Waals surface area contributed by atoms with Gasteiger partial charge in [-0.05, 0) is 57.2 Å². The molecule has 2 aromatic carbocycles. The van der Waals surface area contributed by atoms with E-state index in [4.69, 9.17) is 11.6 Å². The van der Waals surface area contributed by atoms with Gasteiger partial charge in [0.05, 0.1) is 39.8 Å². The van der Waals surface area contributed by atoms with Gasteiger partial charge in [0.25, 0.3) is 5.91 Å². The smallest absolute Gasteiger partial charge is 0.329 e. The Balaban J connectivity index is 1.54. The second-order valence-corrected chi connectivity index (χ2v) is 7.91. The van der Waals surface area contributed by atoms with Crippen LogP contribution in [0.2, 0.25) is 5.15 Å². The second kappa shape index (κ2) is 8.94. The number of halogens is 4. The SMILES string of the molecule is CCn1c(C)nc2cc(C(=O)N/N=C/c3c(C)nn(-c4cccc(C(F)(F)F)c4)c3Cl)ccc21. The molecule has 0 aliphatic rings. The summed E-state index contributed by atoms with van der Waals surface area (Å²) in [5, 5.41) is 8.24. The normalized spacial score (nSPS) is 12.1. The molecule has 0 aliphatic heterocycles. The number of alkyl halides is 3. The highest BCUT2D eigenvalue weighted by atomic mass is 35.5. The highest BCUT2D eigenvalue weighted by molar-refractivity contribution is 6.32. The maximum Gasteiger partial charge on any atom is 0.416 e. The molecule has 2 heterocycles. The van der Waals surface area contributed by atoms with Gasteiger partial charge in [-0.1, -0.05) is 17.7 Å². The molecule has 0 aliphatic carbocycles. The molecule has 0 bridgehead atoms. The molecule has 1 amide bonds. The van der Waals surface area contributed by atoms with E-state index < -0.39 is 17.6 Å². The van der Waals surface area contributed by atoms with Crippen LogP contribution in [0, 0.1) is 13.8 Å². The molecule has 4 rings (SSSR count). The van der Waals surface area contributed by atoms with E-state index >= 15 is 0 Å². The zero-order valence-electron chi connectivity index (χ0n) is 18.5. The molecule has 0 spiro atoms. The van der Waals surface area contributed by atoms with Crippen molar-refractivity contribution in [3.63, 3.8) is 0 Å². The van der Waals surface area contributed by atoms with E-state index in [-0.39, 0.29) is 10.8 Å². The van der Waals surface area contributed by atoms with E-state index in [2.05, 4.69) is 20.6 Å². The number of aromatic nitrogens is 4. The Hall–Kier alpha value is -3.66. The largest absolute Gasteiger partial charge is 0.416 e. The topological polar surface area (TPSA) is 77.1 Å². The van der Waals surface area contributed by atoms with Crippen LogP contribution in [0.1, 0.15) is 39.9 Å². The van der Waals surface area contributed by atoms with E-state index in [0.717, 1.165) is 30.0 Å². The zero-order valence-corrected chi connectivity index (χ0v) is 19.2. The number of nitrogens with one attached hydrogen (secondary N) is 1. The molecule has 4 aromatic rings. The van der Waals surface area contributed by atoms with Crippen LogP contribution >= 0.6 is 11.6 Å². The van der Waals surface area contributed by atoms with E-state index in [1.165, 1.54) is 23.0 Å². The van der Waals surface area contributed by atoms with Crippen molar-refractivity contribution in [3.05, 3.63) is 75.8 Å². The van der Waals surface area contributed by atoms with Crippen LogP contribution in [0.25, 0.3) is 16.7 Å². The standard InChI is InChI=1S/C23H20ClF3N6O/c1-4-32-14(3)29-19-10-15(8-9-20(19)32)22(34)30-28-12-18-13(2)31-33(21(18)24)17-7-5-6-16(11-17)23(25,26)27/h5-12H,4H2,1-3H3,(H,30,34)/b28-12+. The van der Waals surface area contributed by atoms with Crippen molar-refractivity contribution in [2.45, 2.75) is 33.5 Å². The Labute approximate surface area is 197 Å². The molecule has 0 fully saturated rings. The number of benzene rings is 2. The van der Waals surface area contributed by atoms with Gasteiger partial charge >= 0.3 is 6.18 Å². The summed E-state index contributed by atoms with van der Waals surface area (Å²) in [7, 11) is 0. The van der Waals surface area contributed by atoms with Gasteiger partial charge in [-0.3, -0.25) is 4.79 Å². The predicted octanol–water partition coefficient (Wildman–Crippen LogP) is 5.29. The lowest BCUT2D eigenvalue weighted by atomic mass is 10.2. The molecule has 0 radical (unpaired) electrons. The van der Waals surface area contributed by atoms with Crippen LogP contribution in [0.4, 0.5) is 13.2 Å². The third kappa shape index (κ3) is 4.41. The molecule has 34 heavy (non-hydrogen) atoms. The lowest BCUT2D eigenvalue weighted by Gasteiger charge is -2.09. The molecule has 176 valence electrons. The highest BCUT2D eigenvalue weighted by Gasteiger charge is 2.30. The van der Waals surface area contributed by atoms with Gasteiger partial charge < -0.3 is 4.57 Å². The lowest BCUT2D eigenvalue weighted by Crippen LogP contribution is -2.17. The minimum atomic E-state index is -4.49. The fraction of sp³-hybridized carbons (Fsp3) is 0.217. The summed E-state index contributed by atoms with van der Waals surface area (Å²) in [6.07, 6.45) is -3.18. The van der Waals surface area contributed by atoms with Crippen molar-refractivity contribution in [1.29, 1.82) is 0 Å². The van der Waals surface area contributed by atoms with Crippen molar-refractivity contribution in [2.75, 3.05) is 0 Å². The minimum absolute atomic E-state index is 0.0665. The maximum atomic E-state index is 13.0. The molecule has 7 nitrogen and oxygen atoms in total. The van der Waals surface area contributed by atoms with Gasteiger partial charge in [0.2, 0.25) is 0 Å². The third-order valence-corrected chi connectivity index (χ3v) is 5.71. The number of amides is 1. The van der Waals surface area contributed by atoms with E-state index in [1.807, 2.05) is 24.5 Å². The van der Waals surface area contributed by atoms with E-state index in [9.17, 15) is 18.0 Å². The first-order valence-electron chi connectivity index (χ1n) is 10.3. The van der Waals surface area contributed by atoms with Crippen LogP contribution in [0.3, 0.4) is 0 Å². The molecule has 0 saturated heterocycles. The quantitative estimate of drug-likeness (QED) is 0.306. The fourth-order valence-electron chi connectivity index (χ4n) is 3.65. The molecule has 0 unspecified atom stereocenters. The van der Waals surface area contributed by atoms with Gasteiger partial charge in [-0.2, -0.15) is 23.4 Å². The summed E-state index contributed by atoms with van der Waals surface area (Å²) in [5.41, 5.74) is 4.60. The summed E-state index contributed by atoms with van der Waals surface area (Å²) >= 11 is 6.36. The predicted molar refractivity (Wildman–Crippen MR) is 124 cm³/mol. The number of carbonyl (C=O) groups is 1. The first-order chi connectivity index (χ1) is 16.1. The van der Waals surface area contributed by atoms with Gasteiger partial charge in [0.15, 0.2) is 0 Å². The summed E-state index contributed by atoms with van der Waals surface area (Å²) < 4.78 is 42.4. The Bertz CT molecular complexity index is 1420. The molecule has 0 atom stereocenters. The number of rotatable bonds is 5. The summed E-state index contributed by atoms with van der Waals surface area (Å²) in [6.45, 7) is 6.33. The number of hydrogen-bond acceptors (Lipinski definition) is 4. The number of fused-ring (bicyclic) bond motifs is 1. The van der Waals surface area contributed by atoms with Crippen LogP contribution in [0.5, 0.6) is 0 Å². The average Bonchev–Trinajstić information content (AvgIpc) is 3.27. The Morgan fingerprint density at radius 2 is 1.97 bits per heavy atom. The van der Waals surface area contributed by atoms with Gasteiger partial charge in [-0.25, -0.2) is 15.1 Å². The number of hydrazone groups is 1. The molecular weight excluding hydrogens is 469 g/mol. The van der Waals surface area contributed by atoms with Crippen LogP contribution in [-0.4, -0.2) is 31.5 Å². The second-order valence-electron chi connectivity index (χ2n) is 7.56. The van der Waals surface area contributed by atoms with Gasteiger partial charge in [0.1, 0.15) is 11.0 Å². The Kier molecular flexibility index (Phi) is 6.18. The van der Waals surface area contributed by atoms with Gasteiger partial charge in [-0.15, -0.1) is 0 Å². The van der Waals surface area contributed by atoms with E-state index in [0.29, 0.717) is 22.3 Å². The zero-order chi connectivity index (χ0) is 24.6. The summed E-state index contributed by atoms with van der Waals surface area (Å²) in [5.74, 6) is 0.414. The van der Waals surface area contributed by atoms with Crippen molar-refractivity contribution in [2.24, 2.45) is 5.10 Å². The summed E-state index contributed by atoms with van der Waals surface area (Å²) in [4.78, 5) is 17.0. The third-order valence-electron chi connectivity index (χ3n) is 5.34. The fourth-order valence-corrected chi connectivity index (χ4v) is 3.97. The highest BCUT2D eigenvalue weighted by Crippen LogP contribution is 2.31. The Morgan fingerprint density at radius 1 is 1.21 bits per heavy atom. The Morgan fingerprint density at radius 3 is 2.68 bits per heavy atom.